The van der Waals surface area contributed by atoms with E-state index in [1.165, 1.54) is 11.1 Å². The maximum Gasteiger partial charge on any atom is 0.0840 e. The van der Waals surface area contributed by atoms with Crippen LogP contribution in [0.3, 0.4) is 0 Å². The van der Waals surface area contributed by atoms with Gasteiger partial charge in [-0.2, -0.15) is 0 Å². The van der Waals surface area contributed by atoms with Gasteiger partial charge in [0.1, 0.15) is 0 Å². The third-order valence-electron chi connectivity index (χ3n) is 6.59. The van der Waals surface area contributed by atoms with Crippen molar-refractivity contribution < 1.29 is 10.2 Å². The molecule has 0 radical (unpaired) electrons. The van der Waals surface area contributed by atoms with E-state index in [9.17, 15) is 10.2 Å². The molecule has 1 aromatic rings. The minimum atomic E-state index is -0.783. The molecule has 1 saturated carbocycles. The van der Waals surface area contributed by atoms with Crippen molar-refractivity contribution in [3.63, 3.8) is 0 Å². The van der Waals surface area contributed by atoms with E-state index in [-0.39, 0.29) is 16.9 Å². The van der Waals surface area contributed by atoms with E-state index in [1.54, 1.807) is 0 Å². The first-order valence-corrected chi connectivity index (χ1v) is 8.61. The second-order valence-electron chi connectivity index (χ2n) is 8.82. The average molecular weight is 302 g/mol. The third-order valence-corrected chi connectivity index (χ3v) is 6.59. The van der Waals surface area contributed by atoms with Gasteiger partial charge in [0.25, 0.3) is 0 Å². The zero-order valence-corrected chi connectivity index (χ0v) is 14.6. The summed E-state index contributed by atoms with van der Waals surface area (Å²) in [5, 5.41) is 20.7. The molecule has 2 N–H and O–H groups in total. The molecule has 0 bridgehead atoms. The Morgan fingerprint density at radius 2 is 1.82 bits per heavy atom. The largest absolute Gasteiger partial charge is 0.393 e. The van der Waals surface area contributed by atoms with Crippen molar-refractivity contribution >= 4 is 0 Å². The summed E-state index contributed by atoms with van der Waals surface area (Å²) >= 11 is 0. The van der Waals surface area contributed by atoms with Gasteiger partial charge in [0.2, 0.25) is 0 Å². The lowest BCUT2D eigenvalue weighted by Crippen LogP contribution is -2.53. The third kappa shape index (κ3) is 2.23. The van der Waals surface area contributed by atoms with Gasteiger partial charge in [-0.1, -0.05) is 39.0 Å². The van der Waals surface area contributed by atoms with Crippen molar-refractivity contribution in [1.29, 1.82) is 0 Å². The molecule has 0 aromatic heterocycles. The van der Waals surface area contributed by atoms with Crippen LogP contribution in [0, 0.1) is 11.3 Å². The number of hydrogen-bond acceptors (Lipinski definition) is 2. The van der Waals surface area contributed by atoms with Gasteiger partial charge in [-0.3, -0.25) is 0 Å². The van der Waals surface area contributed by atoms with Crippen LogP contribution in [-0.2, 0) is 17.4 Å². The lowest BCUT2D eigenvalue weighted by Gasteiger charge is -2.56. The van der Waals surface area contributed by atoms with E-state index in [0.717, 1.165) is 31.2 Å². The number of aryl methyl sites for hydroxylation is 1. The van der Waals surface area contributed by atoms with Crippen LogP contribution in [0.5, 0.6) is 0 Å². The summed E-state index contributed by atoms with van der Waals surface area (Å²) < 4.78 is 0. The second kappa shape index (κ2) is 4.82. The Balaban J connectivity index is 2.07. The van der Waals surface area contributed by atoms with Crippen molar-refractivity contribution in [1.82, 2.24) is 0 Å². The van der Waals surface area contributed by atoms with Gasteiger partial charge in [0.05, 0.1) is 11.7 Å². The van der Waals surface area contributed by atoms with Crippen molar-refractivity contribution in [3.05, 3.63) is 34.9 Å². The van der Waals surface area contributed by atoms with Gasteiger partial charge in [-0.25, -0.2) is 0 Å². The van der Waals surface area contributed by atoms with Crippen LogP contribution >= 0.6 is 0 Å². The number of fused-ring (bicyclic) bond motifs is 3. The molecule has 0 unspecified atom stereocenters. The lowest BCUT2D eigenvalue weighted by molar-refractivity contribution is -0.0731. The van der Waals surface area contributed by atoms with E-state index >= 15 is 0 Å². The molecule has 1 fully saturated rings. The minimum Gasteiger partial charge on any atom is -0.393 e. The van der Waals surface area contributed by atoms with Gasteiger partial charge in [0.15, 0.2) is 0 Å². The Hall–Kier alpha value is -0.860. The standard InChI is InChI=1S/C20H30O2/c1-18(2)16-9-6-13-12-14(19(3,4)22)7-8-15(13)20(16,5)11-10-17(18)21/h7-8,12,16-17,21-22H,6,9-11H2,1-5H3/t16-,17-,20+/m0/s1. The van der Waals surface area contributed by atoms with Crippen LogP contribution in [0.25, 0.3) is 0 Å². The number of aliphatic hydroxyl groups is 2. The van der Waals surface area contributed by atoms with Crippen molar-refractivity contribution in [3.8, 4) is 0 Å². The summed E-state index contributed by atoms with van der Waals surface area (Å²) in [5.41, 5.74) is 3.17. The summed E-state index contributed by atoms with van der Waals surface area (Å²) in [6.07, 6.45) is 3.92. The van der Waals surface area contributed by atoms with E-state index in [2.05, 4.69) is 39.0 Å². The molecule has 3 atom stereocenters. The van der Waals surface area contributed by atoms with Crippen molar-refractivity contribution in [2.24, 2.45) is 11.3 Å². The zero-order chi connectivity index (χ0) is 16.3. The number of aliphatic hydroxyl groups excluding tert-OH is 1. The highest BCUT2D eigenvalue weighted by molar-refractivity contribution is 5.42. The maximum absolute atomic E-state index is 10.5. The van der Waals surface area contributed by atoms with Crippen LogP contribution in [0.15, 0.2) is 18.2 Å². The molecule has 0 aliphatic heterocycles. The molecule has 0 saturated heterocycles. The maximum atomic E-state index is 10.5. The van der Waals surface area contributed by atoms with Gasteiger partial charge in [0, 0.05) is 0 Å². The Morgan fingerprint density at radius 3 is 2.45 bits per heavy atom. The molecule has 2 nitrogen and oxygen atoms in total. The van der Waals surface area contributed by atoms with Crippen molar-refractivity contribution in [2.45, 2.75) is 77.4 Å². The Kier molecular flexibility index (Phi) is 3.51. The van der Waals surface area contributed by atoms with Crippen LogP contribution in [0.2, 0.25) is 0 Å². The molecule has 22 heavy (non-hydrogen) atoms. The summed E-state index contributed by atoms with van der Waals surface area (Å²) in [6, 6.07) is 6.53. The molecular formula is C20H30O2. The van der Waals surface area contributed by atoms with Gasteiger partial charge in [-0.05, 0) is 73.0 Å². The fraction of sp³-hybridized carbons (Fsp3) is 0.700. The first-order valence-electron chi connectivity index (χ1n) is 8.61. The van der Waals surface area contributed by atoms with E-state index in [0.29, 0.717) is 5.92 Å². The normalized spacial score (nSPS) is 34.0. The predicted molar refractivity (Wildman–Crippen MR) is 89.9 cm³/mol. The van der Waals surface area contributed by atoms with Gasteiger partial charge >= 0.3 is 0 Å². The highest BCUT2D eigenvalue weighted by atomic mass is 16.3. The average Bonchev–Trinajstić information content (AvgIpc) is 2.42. The van der Waals surface area contributed by atoms with E-state index in [4.69, 9.17) is 0 Å². The fourth-order valence-corrected chi connectivity index (χ4v) is 5.09. The topological polar surface area (TPSA) is 40.5 Å². The first-order chi connectivity index (χ1) is 10.1. The van der Waals surface area contributed by atoms with E-state index in [1.807, 2.05) is 13.8 Å². The predicted octanol–water partition coefficient (Wildman–Crippen LogP) is 3.92. The van der Waals surface area contributed by atoms with Crippen LogP contribution in [0.4, 0.5) is 0 Å². The molecule has 0 amide bonds. The fourth-order valence-electron chi connectivity index (χ4n) is 5.09. The summed E-state index contributed by atoms with van der Waals surface area (Å²) in [7, 11) is 0. The van der Waals surface area contributed by atoms with Gasteiger partial charge < -0.3 is 10.2 Å². The zero-order valence-electron chi connectivity index (χ0n) is 14.6. The molecule has 0 spiro atoms. The molecule has 122 valence electrons. The molecule has 2 aliphatic carbocycles. The lowest BCUT2D eigenvalue weighted by atomic mass is 9.49. The molecule has 3 rings (SSSR count). The number of rotatable bonds is 1. The van der Waals surface area contributed by atoms with Gasteiger partial charge in [-0.15, -0.1) is 0 Å². The quantitative estimate of drug-likeness (QED) is 0.825. The number of benzene rings is 1. The SMILES string of the molecule is CC(C)(O)c1ccc2c(c1)CC[C@H]1C(C)(C)[C@@H](O)CC[C@]21C. The molecule has 0 heterocycles. The molecular weight excluding hydrogens is 272 g/mol. The Labute approximate surface area is 134 Å². The molecule has 2 heteroatoms. The van der Waals surface area contributed by atoms with E-state index < -0.39 is 5.60 Å². The monoisotopic (exact) mass is 302 g/mol. The highest BCUT2D eigenvalue weighted by Crippen LogP contribution is 2.57. The smallest absolute Gasteiger partial charge is 0.0840 e. The van der Waals surface area contributed by atoms with Crippen LogP contribution < -0.4 is 0 Å². The summed E-state index contributed by atoms with van der Waals surface area (Å²) in [5.74, 6) is 0.518. The summed E-state index contributed by atoms with van der Waals surface area (Å²) in [4.78, 5) is 0. The second-order valence-corrected chi connectivity index (χ2v) is 8.82. The van der Waals surface area contributed by atoms with Crippen LogP contribution in [0.1, 0.15) is 70.6 Å². The Bertz CT molecular complexity index is 582. The summed E-state index contributed by atoms with van der Waals surface area (Å²) in [6.45, 7) is 10.5. The minimum absolute atomic E-state index is 0.0282. The first kappa shape index (κ1) is 16.0. The highest BCUT2D eigenvalue weighted by Gasteiger charge is 2.53. The Morgan fingerprint density at radius 1 is 1.14 bits per heavy atom. The molecule has 1 aromatic carbocycles. The number of hydrogen-bond donors (Lipinski definition) is 2. The van der Waals surface area contributed by atoms with Crippen molar-refractivity contribution in [2.75, 3.05) is 0 Å². The van der Waals surface area contributed by atoms with Crippen LogP contribution in [-0.4, -0.2) is 16.3 Å². The molecule has 2 aliphatic rings.